The van der Waals surface area contributed by atoms with Gasteiger partial charge in [0.25, 0.3) is 0 Å². The Labute approximate surface area is 193 Å². The van der Waals surface area contributed by atoms with Crippen LogP contribution in [0.15, 0.2) is 30.5 Å². The van der Waals surface area contributed by atoms with Crippen LogP contribution >= 0.6 is 11.6 Å². The highest BCUT2D eigenvalue weighted by Gasteiger charge is 2.23. The lowest BCUT2D eigenvalue weighted by Crippen LogP contribution is -2.43. The molecule has 1 aromatic carbocycles. The highest BCUT2D eigenvalue weighted by atomic mass is 35.5. The molecule has 8 heteroatoms. The fraction of sp³-hybridized carbons (Fsp3) is 0.417. The van der Waals surface area contributed by atoms with Gasteiger partial charge in [-0.05, 0) is 58.0 Å². The predicted molar refractivity (Wildman–Crippen MR) is 130 cm³/mol. The third-order valence-electron chi connectivity index (χ3n) is 6.06. The van der Waals surface area contributed by atoms with Gasteiger partial charge in [0, 0.05) is 52.0 Å². The van der Waals surface area contributed by atoms with Crippen molar-refractivity contribution in [3.63, 3.8) is 0 Å². The van der Waals surface area contributed by atoms with Gasteiger partial charge in [-0.1, -0.05) is 11.6 Å². The van der Waals surface area contributed by atoms with E-state index < -0.39 is 0 Å². The van der Waals surface area contributed by atoms with Gasteiger partial charge in [-0.3, -0.25) is 0 Å². The molecule has 32 heavy (non-hydrogen) atoms. The number of benzene rings is 1. The van der Waals surface area contributed by atoms with Crippen molar-refractivity contribution in [2.75, 3.05) is 37.0 Å². The van der Waals surface area contributed by atoms with E-state index in [1.54, 1.807) is 13.2 Å². The van der Waals surface area contributed by atoms with Gasteiger partial charge in [-0.2, -0.15) is 0 Å². The number of nitrogens with zero attached hydrogens (tertiary/aromatic N) is 3. The number of aromatic hydroxyl groups is 1. The molecule has 0 bridgehead atoms. The predicted octanol–water partition coefficient (Wildman–Crippen LogP) is 4.50. The summed E-state index contributed by atoms with van der Waals surface area (Å²) in [5, 5.41) is 19.9. The van der Waals surface area contributed by atoms with Crippen molar-refractivity contribution in [1.82, 2.24) is 15.3 Å². The van der Waals surface area contributed by atoms with Crippen molar-refractivity contribution in [2.45, 2.75) is 39.3 Å². The molecule has 0 aliphatic carbocycles. The Morgan fingerprint density at radius 2 is 2.03 bits per heavy atom. The van der Waals surface area contributed by atoms with E-state index in [0.29, 0.717) is 40.4 Å². The summed E-state index contributed by atoms with van der Waals surface area (Å²) in [6, 6.07) is 8.32. The van der Waals surface area contributed by atoms with Gasteiger partial charge in [0.15, 0.2) is 0 Å². The smallest absolute Gasteiger partial charge is 0.219 e. The molecule has 170 valence electrons. The average Bonchev–Trinajstić information content (AvgIpc) is 2.79. The van der Waals surface area contributed by atoms with E-state index in [1.165, 1.54) is 0 Å². The molecular formula is C24H30ClN5O2. The largest absolute Gasteiger partial charge is 0.496 e. The highest BCUT2D eigenvalue weighted by molar-refractivity contribution is 6.32. The minimum atomic E-state index is -0.0450. The van der Waals surface area contributed by atoms with Crippen LogP contribution in [0.2, 0.25) is 5.02 Å². The van der Waals surface area contributed by atoms with Gasteiger partial charge in [-0.25, -0.2) is 9.97 Å². The Hall–Kier alpha value is -2.77. The summed E-state index contributed by atoms with van der Waals surface area (Å²) >= 11 is 6.58. The van der Waals surface area contributed by atoms with Crippen LogP contribution in [0, 0.1) is 6.92 Å². The minimum Gasteiger partial charge on any atom is -0.496 e. The SMILES string of the molecule is CCN(c1cc(Cl)cc2c(NCc3c(OC)cc(C)nc3O)nccc12)C1CCNCC1. The number of pyridine rings is 2. The van der Waals surface area contributed by atoms with Crippen molar-refractivity contribution in [1.29, 1.82) is 0 Å². The lowest BCUT2D eigenvalue weighted by atomic mass is 10.0. The molecule has 0 radical (unpaired) electrons. The van der Waals surface area contributed by atoms with E-state index in [9.17, 15) is 5.11 Å². The Morgan fingerprint density at radius 3 is 2.75 bits per heavy atom. The molecule has 1 fully saturated rings. The van der Waals surface area contributed by atoms with Crippen LogP contribution in [0.3, 0.4) is 0 Å². The van der Waals surface area contributed by atoms with Crippen molar-refractivity contribution in [2.24, 2.45) is 0 Å². The second-order valence-electron chi connectivity index (χ2n) is 8.07. The Balaban J connectivity index is 1.70. The van der Waals surface area contributed by atoms with Gasteiger partial charge < -0.3 is 25.4 Å². The second kappa shape index (κ2) is 9.79. The van der Waals surface area contributed by atoms with E-state index in [4.69, 9.17) is 16.3 Å². The first-order valence-corrected chi connectivity index (χ1v) is 11.4. The molecular weight excluding hydrogens is 426 g/mol. The molecule has 0 unspecified atom stereocenters. The zero-order valence-corrected chi connectivity index (χ0v) is 19.5. The van der Waals surface area contributed by atoms with Gasteiger partial charge in [0.05, 0.1) is 19.2 Å². The molecule has 0 spiro atoms. The monoisotopic (exact) mass is 455 g/mol. The van der Waals surface area contributed by atoms with Crippen LogP contribution in [-0.2, 0) is 6.54 Å². The molecule has 1 saturated heterocycles. The zero-order chi connectivity index (χ0) is 22.7. The van der Waals surface area contributed by atoms with Gasteiger partial charge in [-0.15, -0.1) is 0 Å². The van der Waals surface area contributed by atoms with Crippen LogP contribution in [0.1, 0.15) is 31.0 Å². The molecule has 3 aromatic rings. The number of nitrogens with one attached hydrogen (secondary N) is 2. The number of piperidine rings is 1. The fourth-order valence-corrected chi connectivity index (χ4v) is 4.74. The number of rotatable bonds is 7. The molecule has 7 nitrogen and oxygen atoms in total. The number of methoxy groups -OCH3 is 1. The summed E-state index contributed by atoms with van der Waals surface area (Å²) in [6.45, 7) is 7.30. The van der Waals surface area contributed by atoms with Crippen LogP contribution in [0.25, 0.3) is 10.8 Å². The normalized spacial score (nSPS) is 14.5. The van der Waals surface area contributed by atoms with Crippen molar-refractivity contribution in [3.8, 4) is 11.6 Å². The lowest BCUT2D eigenvalue weighted by molar-refractivity contribution is 0.393. The molecule has 4 rings (SSSR count). The van der Waals surface area contributed by atoms with E-state index in [2.05, 4.69) is 38.5 Å². The topological polar surface area (TPSA) is 82.5 Å². The standard InChI is InChI=1S/C24H30ClN5O2/c1-4-30(17-5-8-26-9-6-17)21-13-16(25)12-19-18(21)7-10-27-23(19)28-14-20-22(32-3)11-15(2)29-24(20)31/h7,10-13,17,26H,4-6,8-9,14H2,1-3H3,(H,27,28)(H,29,31). The molecule has 2 aromatic heterocycles. The third-order valence-corrected chi connectivity index (χ3v) is 6.28. The third kappa shape index (κ3) is 4.54. The number of ether oxygens (including phenoxy) is 1. The summed E-state index contributed by atoms with van der Waals surface area (Å²) in [5.41, 5.74) is 2.41. The Bertz CT molecular complexity index is 1100. The molecule has 3 heterocycles. The molecule has 3 N–H and O–H groups in total. The number of anilines is 2. The first-order chi connectivity index (χ1) is 15.5. The molecule has 0 amide bonds. The first kappa shape index (κ1) is 22.4. The quantitative estimate of drug-likeness (QED) is 0.484. The maximum atomic E-state index is 10.3. The van der Waals surface area contributed by atoms with E-state index in [0.717, 1.165) is 48.9 Å². The van der Waals surface area contributed by atoms with Gasteiger partial charge in [0.1, 0.15) is 11.6 Å². The maximum absolute atomic E-state index is 10.3. The number of aromatic nitrogens is 2. The first-order valence-electron chi connectivity index (χ1n) is 11.0. The van der Waals surface area contributed by atoms with E-state index in [-0.39, 0.29) is 5.88 Å². The minimum absolute atomic E-state index is 0.0450. The van der Waals surface area contributed by atoms with Crippen molar-refractivity contribution in [3.05, 3.63) is 46.7 Å². The summed E-state index contributed by atoms with van der Waals surface area (Å²) in [4.78, 5) is 11.2. The highest BCUT2D eigenvalue weighted by Crippen LogP contribution is 2.36. The number of aryl methyl sites for hydroxylation is 1. The number of halogens is 1. The molecule has 1 aliphatic rings. The summed E-state index contributed by atoms with van der Waals surface area (Å²) in [5.74, 6) is 1.25. The fourth-order valence-electron chi connectivity index (χ4n) is 4.53. The molecule has 1 aliphatic heterocycles. The molecule has 0 saturated carbocycles. The zero-order valence-electron chi connectivity index (χ0n) is 18.8. The average molecular weight is 456 g/mol. The van der Waals surface area contributed by atoms with E-state index >= 15 is 0 Å². The van der Waals surface area contributed by atoms with Crippen molar-refractivity contribution < 1.29 is 9.84 Å². The maximum Gasteiger partial charge on any atom is 0.219 e. The summed E-state index contributed by atoms with van der Waals surface area (Å²) in [7, 11) is 1.58. The Kier molecular flexibility index (Phi) is 6.86. The van der Waals surface area contributed by atoms with Crippen LogP contribution < -0.4 is 20.3 Å². The van der Waals surface area contributed by atoms with Crippen molar-refractivity contribution >= 4 is 33.9 Å². The second-order valence-corrected chi connectivity index (χ2v) is 8.50. The number of hydrogen-bond acceptors (Lipinski definition) is 7. The molecule has 0 atom stereocenters. The summed E-state index contributed by atoms with van der Waals surface area (Å²) < 4.78 is 5.44. The van der Waals surface area contributed by atoms with Crippen LogP contribution in [0.4, 0.5) is 11.5 Å². The Morgan fingerprint density at radius 1 is 1.25 bits per heavy atom. The summed E-state index contributed by atoms with van der Waals surface area (Å²) in [6.07, 6.45) is 4.03. The number of fused-ring (bicyclic) bond motifs is 1. The van der Waals surface area contributed by atoms with Gasteiger partial charge >= 0.3 is 0 Å². The van der Waals surface area contributed by atoms with Crippen LogP contribution in [0.5, 0.6) is 11.6 Å². The number of hydrogen-bond donors (Lipinski definition) is 3. The van der Waals surface area contributed by atoms with E-state index in [1.807, 2.05) is 25.3 Å². The van der Waals surface area contributed by atoms with Gasteiger partial charge in [0.2, 0.25) is 5.88 Å². The van der Waals surface area contributed by atoms with Crippen LogP contribution in [-0.4, -0.2) is 47.9 Å². The lowest BCUT2D eigenvalue weighted by Gasteiger charge is -2.36.